The van der Waals surface area contributed by atoms with E-state index in [1.54, 1.807) is 24.3 Å². The van der Waals surface area contributed by atoms with Crippen LogP contribution in [0.25, 0.3) is 10.1 Å². The number of benzene rings is 2. The van der Waals surface area contributed by atoms with Crippen molar-refractivity contribution in [2.24, 2.45) is 5.10 Å². The van der Waals surface area contributed by atoms with Crippen LogP contribution in [0.3, 0.4) is 0 Å². The molecule has 0 unspecified atom stereocenters. The second-order valence-electron chi connectivity index (χ2n) is 4.50. The molecule has 2 N–H and O–H groups in total. The number of para-hydroxylation sites is 1. The number of hydrogen-bond acceptors (Lipinski definition) is 4. The highest BCUT2D eigenvalue weighted by Gasteiger charge is 2.16. The third-order valence-corrected chi connectivity index (χ3v) is 4.72. The molecule has 0 aliphatic carbocycles. The molecular weight excluding hydrogens is 320 g/mol. The van der Waals surface area contributed by atoms with Crippen molar-refractivity contribution >= 4 is 45.1 Å². The van der Waals surface area contributed by atoms with Gasteiger partial charge in [-0.3, -0.25) is 4.79 Å². The minimum Gasteiger partial charge on any atom is -0.507 e. The van der Waals surface area contributed by atoms with Gasteiger partial charge in [-0.2, -0.15) is 5.10 Å². The first-order valence-electron chi connectivity index (χ1n) is 6.45. The molecule has 3 rings (SSSR count). The van der Waals surface area contributed by atoms with Crippen molar-refractivity contribution < 1.29 is 9.90 Å². The van der Waals surface area contributed by atoms with Gasteiger partial charge in [-0.15, -0.1) is 11.3 Å². The number of phenols is 1. The van der Waals surface area contributed by atoms with Gasteiger partial charge in [0.15, 0.2) is 0 Å². The zero-order chi connectivity index (χ0) is 15.5. The monoisotopic (exact) mass is 330 g/mol. The molecule has 1 aromatic heterocycles. The molecule has 1 heterocycles. The molecule has 0 spiro atoms. The van der Waals surface area contributed by atoms with E-state index in [9.17, 15) is 9.90 Å². The highest BCUT2D eigenvalue weighted by Crippen LogP contribution is 2.34. The second-order valence-corrected chi connectivity index (χ2v) is 5.93. The van der Waals surface area contributed by atoms with Crippen molar-refractivity contribution in [3.63, 3.8) is 0 Å². The average molecular weight is 331 g/mol. The van der Waals surface area contributed by atoms with Crippen molar-refractivity contribution in [1.82, 2.24) is 5.43 Å². The number of hydrogen-bond donors (Lipinski definition) is 2. The predicted octanol–water partition coefficient (Wildman–Crippen LogP) is 4.02. The average Bonchev–Trinajstić information content (AvgIpc) is 2.87. The zero-order valence-electron chi connectivity index (χ0n) is 11.3. The fraction of sp³-hybridized carbons (Fsp3) is 0. The van der Waals surface area contributed by atoms with Gasteiger partial charge in [0, 0.05) is 15.6 Å². The van der Waals surface area contributed by atoms with Gasteiger partial charge < -0.3 is 5.11 Å². The Morgan fingerprint density at radius 2 is 1.91 bits per heavy atom. The fourth-order valence-electron chi connectivity index (χ4n) is 1.97. The summed E-state index contributed by atoms with van der Waals surface area (Å²) >= 11 is 7.55. The summed E-state index contributed by atoms with van der Waals surface area (Å²) in [7, 11) is 0. The molecule has 0 radical (unpaired) electrons. The Kier molecular flexibility index (Phi) is 4.09. The van der Waals surface area contributed by atoms with Gasteiger partial charge in [0.25, 0.3) is 5.91 Å². The summed E-state index contributed by atoms with van der Waals surface area (Å²) in [5.41, 5.74) is 2.94. The quantitative estimate of drug-likeness (QED) is 0.562. The molecule has 0 aliphatic heterocycles. The van der Waals surface area contributed by atoms with Crippen LogP contribution in [0.2, 0.25) is 5.02 Å². The van der Waals surface area contributed by atoms with E-state index >= 15 is 0 Å². The summed E-state index contributed by atoms with van der Waals surface area (Å²) in [6.45, 7) is 0. The van der Waals surface area contributed by atoms with Gasteiger partial charge in [-0.25, -0.2) is 5.43 Å². The first-order chi connectivity index (χ1) is 10.7. The number of aromatic hydroxyl groups is 1. The molecule has 0 bridgehead atoms. The minimum absolute atomic E-state index is 0.0976. The SMILES string of the molecule is O=C(N/N=C/c1ccccc1O)c1sc2ccccc2c1Cl. The van der Waals surface area contributed by atoms with Crippen molar-refractivity contribution in [3.05, 3.63) is 64.0 Å². The summed E-state index contributed by atoms with van der Waals surface area (Å²) < 4.78 is 0.947. The molecular formula is C16H11ClN2O2S. The summed E-state index contributed by atoms with van der Waals surface area (Å²) in [5.74, 6) is -0.279. The number of carbonyl (C=O) groups is 1. The molecule has 22 heavy (non-hydrogen) atoms. The normalized spacial score (nSPS) is 11.1. The summed E-state index contributed by atoms with van der Waals surface area (Å²) in [4.78, 5) is 12.6. The van der Waals surface area contributed by atoms with Crippen LogP contribution in [-0.2, 0) is 0 Å². The van der Waals surface area contributed by atoms with E-state index in [0.29, 0.717) is 15.5 Å². The van der Waals surface area contributed by atoms with E-state index < -0.39 is 0 Å². The van der Waals surface area contributed by atoms with Crippen molar-refractivity contribution in [2.45, 2.75) is 0 Å². The number of carbonyl (C=O) groups excluding carboxylic acids is 1. The zero-order valence-corrected chi connectivity index (χ0v) is 12.9. The maximum Gasteiger partial charge on any atom is 0.283 e. The Labute approximate surface area is 135 Å². The molecule has 2 aromatic carbocycles. The summed E-state index contributed by atoms with van der Waals surface area (Å²) in [6, 6.07) is 14.3. The molecule has 3 aromatic rings. The first kappa shape index (κ1) is 14.6. The maximum absolute atomic E-state index is 12.1. The Hall–Kier alpha value is -2.37. The summed E-state index contributed by atoms with van der Waals surface area (Å²) in [5, 5.41) is 14.7. The molecule has 1 amide bonds. The molecule has 0 saturated heterocycles. The Bertz CT molecular complexity index is 873. The standard InChI is InChI=1S/C16H11ClN2O2S/c17-14-11-6-2-4-8-13(11)22-15(14)16(21)19-18-9-10-5-1-3-7-12(10)20/h1-9,20H,(H,19,21)/b18-9+. The van der Waals surface area contributed by atoms with E-state index in [1.807, 2.05) is 24.3 Å². The van der Waals surface area contributed by atoms with Crippen molar-refractivity contribution in [1.29, 1.82) is 0 Å². The topological polar surface area (TPSA) is 61.7 Å². The summed E-state index contributed by atoms with van der Waals surface area (Å²) in [6.07, 6.45) is 1.38. The number of nitrogens with zero attached hydrogens (tertiary/aromatic N) is 1. The van der Waals surface area contributed by atoms with E-state index in [2.05, 4.69) is 10.5 Å². The van der Waals surface area contributed by atoms with Crippen molar-refractivity contribution in [2.75, 3.05) is 0 Å². The van der Waals surface area contributed by atoms with E-state index in [0.717, 1.165) is 10.1 Å². The number of thiophene rings is 1. The first-order valence-corrected chi connectivity index (χ1v) is 7.64. The lowest BCUT2D eigenvalue weighted by atomic mass is 10.2. The van der Waals surface area contributed by atoms with Gasteiger partial charge in [0.2, 0.25) is 0 Å². The number of rotatable bonds is 3. The van der Waals surface area contributed by atoms with Gasteiger partial charge >= 0.3 is 0 Å². The van der Waals surface area contributed by atoms with Gasteiger partial charge in [-0.1, -0.05) is 41.9 Å². The van der Waals surface area contributed by atoms with E-state index in [4.69, 9.17) is 11.6 Å². The lowest BCUT2D eigenvalue weighted by Crippen LogP contribution is -2.16. The molecule has 6 heteroatoms. The number of phenolic OH excluding ortho intramolecular Hbond substituents is 1. The van der Waals surface area contributed by atoms with Crippen LogP contribution >= 0.6 is 22.9 Å². The third kappa shape index (κ3) is 2.81. The number of fused-ring (bicyclic) bond motifs is 1. The molecule has 0 saturated carbocycles. The van der Waals surface area contributed by atoms with Crippen LogP contribution < -0.4 is 5.43 Å². The molecule has 0 atom stereocenters. The van der Waals surface area contributed by atoms with E-state index in [1.165, 1.54) is 17.6 Å². The van der Waals surface area contributed by atoms with E-state index in [-0.39, 0.29) is 11.7 Å². The van der Waals surface area contributed by atoms with Crippen LogP contribution in [0.4, 0.5) is 0 Å². The lowest BCUT2D eigenvalue weighted by Gasteiger charge is -1.99. The van der Waals surface area contributed by atoms with Gasteiger partial charge in [0.1, 0.15) is 10.6 Å². The lowest BCUT2D eigenvalue weighted by molar-refractivity contribution is 0.0959. The van der Waals surface area contributed by atoms with Crippen molar-refractivity contribution in [3.8, 4) is 5.75 Å². The molecule has 4 nitrogen and oxygen atoms in total. The largest absolute Gasteiger partial charge is 0.507 e. The number of amides is 1. The van der Waals surface area contributed by atoms with Crippen LogP contribution in [0, 0.1) is 0 Å². The van der Waals surface area contributed by atoms with Gasteiger partial charge in [-0.05, 0) is 18.2 Å². The smallest absolute Gasteiger partial charge is 0.283 e. The number of hydrazone groups is 1. The highest BCUT2D eigenvalue weighted by molar-refractivity contribution is 7.21. The van der Waals surface area contributed by atoms with Crippen LogP contribution in [0.1, 0.15) is 15.2 Å². The maximum atomic E-state index is 12.1. The van der Waals surface area contributed by atoms with Crippen LogP contribution in [-0.4, -0.2) is 17.2 Å². The Morgan fingerprint density at radius 3 is 2.68 bits per heavy atom. The predicted molar refractivity (Wildman–Crippen MR) is 90.0 cm³/mol. The minimum atomic E-state index is -0.377. The molecule has 0 fully saturated rings. The Morgan fingerprint density at radius 1 is 1.18 bits per heavy atom. The van der Waals surface area contributed by atoms with Crippen LogP contribution in [0.15, 0.2) is 53.6 Å². The molecule has 110 valence electrons. The number of nitrogens with one attached hydrogen (secondary N) is 1. The fourth-order valence-corrected chi connectivity index (χ4v) is 3.37. The Balaban J connectivity index is 1.79. The molecule has 0 aliphatic rings. The highest BCUT2D eigenvalue weighted by atomic mass is 35.5. The second kappa shape index (κ2) is 6.17. The third-order valence-electron chi connectivity index (χ3n) is 3.05. The number of halogens is 1. The van der Waals surface area contributed by atoms with Gasteiger partial charge in [0.05, 0.1) is 11.2 Å². The van der Waals surface area contributed by atoms with Crippen LogP contribution in [0.5, 0.6) is 5.75 Å².